The van der Waals surface area contributed by atoms with Crippen LogP contribution >= 0.6 is 0 Å². The van der Waals surface area contributed by atoms with E-state index in [1.807, 2.05) is 50.2 Å². The van der Waals surface area contributed by atoms with E-state index < -0.39 is 24.5 Å². The first-order valence-electron chi connectivity index (χ1n) is 11.4. The van der Waals surface area contributed by atoms with E-state index in [9.17, 15) is 19.5 Å². The molecule has 0 fully saturated rings. The van der Waals surface area contributed by atoms with E-state index in [1.165, 1.54) is 15.8 Å². The highest BCUT2D eigenvalue weighted by atomic mass is 16.5. The van der Waals surface area contributed by atoms with Gasteiger partial charge < -0.3 is 14.7 Å². The fourth-order valence-electron chi connectivity index (χ4n) is 4.46. The van der Waals surface area contributed by atoms with Gasteiger partial charge in [-0.1, -0.05) is 62.4 Å². The average Bonchev–Trinajstić information content (AvgIpc) is 3.33. The van der Waals surface area contributed by atoms with Crippen molar-refractivity contribution in [3.05, 3.63) is 71.5 Å². The number of rotatable bonds is 8. The second-order valence-electron chi connectivity index (χ2n) is 8.99. The molecular formula is C26H28N4O5. The third-order valence-corrected chi connectivity index (χ3v) is 5.81. The number of aliphatic carboxylic acids is 1. The number of nitrogens with zero attached hydrogens (tertiary/aromatic N) is 3. The number of carbonyl (C=O) groups excluding carboxylic acids is 2. The molecule has 9 heteroatoms. The number of benzene rings is 2. The zero-order chi connectivity index (χ0) is 25.1. The summed E-state index contributed by atoms with van der Waals surface area (Å²) in [7, 11) is 1.61. The average molecular weight is 477 g/mol. The van der Waals surface area contributed by atoms with E-state index in [1.54, 1.807) is 7.05 Å². The number of amides is 2. The zero-order valence-corrected chi connectivity index (χ0v) is 19.9. The Kier molecular flexibility index (Phi) is 6.86. The third kappa shape index (κ3) is 5.18. The number of aryl methyl sites for hydroxylation is 1. The Labute approximate surface area is 203 Å². The summed E-state index contributed by atoms with van der Waals surface area (Å²) in [5, 5.41) is 16.0. The summed E-state index contributed by atoms with van der Waals surface area (Å²) in [6.07, 6.45) is 0.769. The predicted molar refractivity (Wildman–Crippen MR) is 130 cm³/mol. The van der Waals surface area contributed by atoms with Crippen LogP contribution in [0.5, 0.6) is 0 Å². The van der Waals surface area contributed by atoms with Crippen molar-refractivity contribution in [3.8, 4) is 11.1 Å². The number of anilines is 1. The topological polar surface area (TPSA) is 114 Å². The molecule has 1 aliphatic rings. The summed E-state index contributed by atoms with van der Waals surface area (Å²) in [5.74, 6) is -1.74. The van der Waals surface area contributed by atoms with Crippen molar-refractivity contribution in [1.82, 2.24) is 14.7 Å². The Balaban J connectivity index is 1.48. The summed E-state index contributed by atoms with van der Waals surface area (Å²) in [6.45, 7) is 3.68. The molecule has 1 aromatic heterocycles. The van der Waals surface area contributed by atoms with Crippen molar-refractivity contribution >= 4 is 23.7 Å². The summed E-state index contributed by atoms with van der Waals surface area (Å²) >= 11 is 0. The van der Waals surface area contributed by atoms with Crippen LogP contribution in [-0.2, 0) is 16.6 Å². The lowest BCUT2D eigenvalue weighted by Crippen LogP contribution is -2.38. The Bertz CT molecular complexity index is 1220. The maximum atomic E-state index is 13.1. The molecular weight excluding hydrogens is 448 g/mol. The van der Waals surface area contributed by atoms with Gasteiger partial charge in [0.05, 0.1) is 5.69 Å². The first kappa shape index (κ1) is 24.0. The van der Waals surface area contributed by atoms with E-state index >= 15 is 0 Å². The lowest BCUT2D eigenvalue weighted by molar-refractivity contribution is -0.137. The Morgan fingerprint density at radius 3 is 2.26 bits per heavy atom. The quantitative estimate of drug-likeness (QED) is 0.509. The Hall–Kier alpha value is -4.14. The van der Waals surface area contributed by atoms with Crippen LogP contribution in [0.4, 0.5) is 10.5 Å². The van der Waals surface area contributed by atoms with Gasteiger partial charge in [0, 0.05) is 25.7 Å². The van der Waals surface area contributed by atoms with Crippen LogP contribution in [-0.4, -0.2) is 57.5 Å². The monoisotopic (exact) mass is 476 g/mol. The highest BCUT2D eigenvalue weighted by Crippen LogP contribution is 2.44. The number of carbonyl (C=O) groups is 3. The minimum atomic E-state index is -1.12. The lowest BCUT2D eigenvalue weighted by Gasteiger charge is -2.22. The molecule has 4 rings (SSSR count). The zero-order valence-electron chi connectivity index (χ0n) is 19.9. The van der Waals surface area contributed by atoms with E-state index in [0.717, 1.165) is 22.3 Å². The summed E-state index contributed by atoms with van der Waals surface area (Å²) in [4.78, 5) is 38.3. The minimum Gasteiger partial charge on any atom is -0.480 e. The van der Waals surface area contributed by atoms with Crippen molar-refractivity contribution in [2.45, 2.75) is 19.8 Å². The molecule has 0 atom stereocenters. The fraction of sp³-hybridized carbons (Fsp3) is 0.308. The number of ether oxygens (including phenoxy) is 1. The van der Waals surface area contributed by atoms with E-state index in [0.29, 0.717) is 0 Å². The standard InChI is InChI=1S/C26H28N4O5/c1-16(2)12-30(14-23(31)32)25(33)24-22(13-29(3)28-24)27-26(34)35-15-21-19-10-6-4-8-17(19)18-9-5-7-11-20(18)21/h4-11,13,16,21H,12,14-15H2,1-3H3,(H,27,34)(H,31,32). The molecule has 9 nitrogen and oxygen atoms in total. The number of hydrogen-bond acceptors (Lipinski definition) is 5. The number of nitrogens with one attached hydrogen (secondary N) is 1. The highest BCUT2D eigenvalue weighted by molar-refractivity contribution is 6.01. The van der Waals surface area contributed by atoms with Crippen LogP contribution in [0, 0.1) is 5.92 Å². The van der Waals surface area contributed by atoms with Gasteiger partial charge in [0.1, 0.15) is 13.2 Å². The number of hydrogen-bond donors (Lipinski definition) is 2. The lowest BCUT2D eigenvalue weighted by atomic mass is 9.98. The molecule has 3 aromatic rings. The first-order valence-corrected chi connectivity index (χ1v) is 11.4. The Morgan fingerprint density at radius 1 is 1.09 bits per heavy atom. The SMILES string of the molecule is CC(C)CN(CC(=O)O)C(=O)c1nn(C)cc1NC(=O)OCC1c2ccccc2-c2ccccc21. The molecule has 0 unspecified atom stereocenters. The molecule has 0 aliphatic heterocycles. The van der Waals surface area contributed by atoms with Crippen LogP contribution < -0.4 is 5.32 Å². The molecule has 1 heterocycles. The smallest absolute Gasteiger partial charge is 0.411 e. The molecule has 0 saturated carbocycles. The summed E-state index contributed by atoms with van der Waals surface area (Å²) in [5.41, 5.74) is 4.56. The fourth-order valence-corrected chi connectivity index (χ4v) is 4.46. The molecule has 0 bridgehead atoms. The number of carboxylic acid groups (broad SMARTS) is 1. The third-order valence-electron chi connectivity index (χ3n) is 5.81. The normalized spacial score (nSPS) is 12.2. The molecule has 2 N–H and O–H groups in total. The van der Waals surface area contributed by atoms with E-state index in [-0.39, 0.29) is 36.4 Å². The van der Waals surface area contributed by atoms with Crippen LogP contribution in [0.25, 0.3) is 11.1 Å². The molecule has 2 aromatic carbocycles. The largest absolute Gasteiger partial charge is 0.480 e. The number of fused-ring (bicyclic) bond motifs is 3. The van der Waals surface area contributed by atoms with E-state index in [4.69, 9.17) is 4.74 Å². The van der Waals surface area contributed by atoms with Crippen molar-refractivity contribution in [2.75, 3.05) is 25.0 Å². The summed E-state index contributed by atoms with van der Waals surface area (Å²) < 4.78 is 6.96. The van der Waals surface area contributed by atoms with E-state index in [2.05, 4.69) is 22.5 Å². The van der Waals surface area contributed by atoms with Crippen molar-refractivity contribution in [3.63, 3.8) is 0 Å². The van der Waals surface area contributed by atoms with Crippen molar-refractivity contribution < 1.29 is 24.2 Å². The van der Waals surface area contributed by atoms with Crippen molar-refractivity contribution in [2.24, 2.45) is 13.0 Å². The van der Waals surface area contributed by atoms with Gasteiger partial charge in [-0.25, -0.2) is 4.79 Å². The predicted octanol–water partition coefficient (Wildman–Crippen LogP) is 3.96. The molecule has 182 valence electrons. The van der Waals surface area contributed by atoms with Gasteiger partial charge in [0.15, 0.2) is 5.69 Å². The molecule has 2 amide bonds. The van der Waals surface area contributed by atoms with Crippen molar-refractivity contribution in [1.29, 1.82) is 0 Å². The van der Waals surface area contributed by atoms with Gasteiger partial charge in [-0.15, -0.1) is 0 Å². The van der Waals surface area contributed by atoms with Gasteiger partial charge >= 0.3 is 12.1 Å². The van der Waals surface area contributed by atoms with Gasteiger partial charge in [0.2, 0.25) is 0 Å². The van der Waals surface area contributed by atoms with Gasteiger partial charge in [-0.05, 0) is 28.2 Å². The molecule has 0 saturated heterocycles. The van der Waals surface area contributed by atoms with Gasteiger partial charge in [-0.3, -0.25) is 19.6 Å². The highest BCUT2D eigenvalue weighted by Gasteiger charge is 2.30. The number of aromatic nitrogens is 2. The first-order chi connectivity index (χ1) is 16.7. The van der Waals surface area contributed by atoms with Crippen LogP contribution in [0.2, 0.25) is 0 Å². The molecule has 35 heavy (non-hydrogen) atoms. The van der Waals surface area contributed by atoms with Crippen LogP contribution in [0.3, 0.4) is 0 Å². The van der Waals surface area contributed by atoms with Crippen LogP contribution in [0.1, 0.15) is 41.4 Å². The van der Waals surface area contributed by atoms with Crippen LogP contribution in [0.15, 0.2) is 54.7 Å². The maximum Gasteiger partial charge on any atom is 0.411 e. The van der Waals surface area contributed by atoms with Gasteiger partial charge in [-0.2, -0.15) is 5.10 Å². The minimum absolute atomic E-state index is 0.0390. The Morgan fingerprint density at radius 2 is 1.69 bits per heavy atom. The second kappa shape index (κ2) is 10.0. The maximum absolute atomic E-state index is 13.1. The molecule has 0 spiro atoms. The number of carboxylic acids is 1. The summed E-state index contributed by atoms with van der Waals surface area (Å²) in [6, 6.07) is 16.1. The second-order valence-corrected chi connectivity index (χ2v) is 8.99. The molecule has 1 aliphatic carbocycles. The van der Waals surface area contributed by atoms with Gasteiger partial charge in [0.25, 0.3) is 5.91 Å². The molecule has 0 radical (unpaired) electrons.